The lowest BCUT2D eigenvalue weighted by Gasteiger charge is -1.88. The summed E-state index contributed by atoms with van der Waals surface area (Å²) in [6, 6.07) is 5.73. The van der Waals surface area contributed by atoms with Crippen molar-refractivity contribution in [2.75, 3.05) is 0 Å². The Morgan fingerprint density at radius 1 is 1.40 bits per heavy atom. The predicted octanol–water partition coefficient (Wildman–Crippen LogP) is 1.78. The first-order chi connectivity index (χ1) is 4.83. The fourth-order valence-electron chi connectivity index (χ4n) is 0.605. The van der Waals surface area contributed by atoms with Crippen LogP contribution in [0.15, 0.2) is 34.6 Å². The maximum Gasteiger partial charge on any atom is 0.125 e. The van der Waals surface area contributed by atoms with Gasteiger partial charge in [0.05, 0.1) is 5.69 Å². The molecule has 1 aromatic rings. The Morgan fingerprint density at radius 3 is 2.80 bits per heavy atom. The summed E-state index contributed by atoms with van der Waals surface area (Å²) in [4.78, 5) is 0. The van der Waals surface area contributed by atoms with Crippen LogP contribution in [0, 0.1) is 5.82 Å². The standard InChI is InChI=1S/C6H6FN3/c7-5-2-1-3-6(4-5)9-10-8/h1-4H,(H2,8,9). The highest BCUT2D eigenvalue weighted by Gasteiger charge is 1.89. The summed E-state index contributed by atoms with van der Waals surface area (Å²) >= 11 is 0. The summed E-state index contributed by atoms with van der Waals surface area (Å²) in [5.74, 6) is 4.40. The number of nitrogens with zero attached hydrogens (tertiary/aromatic N) is 2. The third kappa shape index (κ3) is 1.51. The lowest BCUT2D eigenvalue weighted by molar-refractivity contribution is 0.628. The van der Waals surface area contributed by atoms with E-state index in [0.29, 0.717) is 5.69 Å². The van der Waals surface area contributed by atoms with Crippen molar-refractivity contribution in [1.29, 1.82) is 0 Å². The van der Waals surface area contributed by atoms with Crippen molar-refractivity contribution in [3.8, 4) is 0 Å². The van der Waals surface area contributed by atoms with E-state index in [-0.39, 0.29) is 5.82 Å². The zero-order chi connectivity index (χ0) is 7.40. The molecule has 0 spiro atoms. The Morgan fingerprint density at radius 2 is 2.20 bits per heavy atom. The van der Waals surface area contributed by atoms with Gasteiger partial charge in [0.1, 0.15) is 5.82 Å². The average Bonchev–Trinajstić information content (AvgIpc) is 1.88. The van der Waals surface area contributed by atoms with Crippen molar-refractivity contribution < 1.29 is 4.39 Å². The monoisotopic (exact) mass is 139 g/mol. The molecule has 0 heterocycles. The van der Waals surface area contributed by atoms with E-state index in [2.05, 4.69) is 10.3 Å². The van der Waals surface area contributed by atoms with Crippen LogP contribution >= 0.6 is 0 Å². The zero-order valence-electron chi connectivity index (χ0n) is 5.16. The smallest absolute Gasteiger partial charge is 0.125 e. The Bertz CT molecular complexity index is 247. The van der Waals surface area contributed by atoms with Gasteiger partial charge in [-0.15, -0.1) is 5.11 Å². The molecule has 1 aromatic carbocycles. The lowest BCUT2D eigenvalue weighted by atomic mass is 10.3. The number of nitrogens with two attached hydrogens (primary N) is 1. The van der Waals surface area contributed by atoms with Crippen molar-refractivity contribution in [2.45, 2.75) is 0 Å². The van der Waals surface area contributed by atoms with Gasteiger partial charge in [0.15, 0.2) is 0 Å². The number of halogens is 1. The molecule has 0 aliphatic rings. The van der Waals surface area contributed by atoms with E-state index in [1.807, 2.05) is 0 Å². The van der Waals surface area contributed by atoms with E-state index >= 15 is 0 Å². The van der Waals surface area contributed by atoms with Gasteiger partial charge in [0.2, 0.25) is 0 Å². The number of hydrogen-bond donors (Lipinski definition) is 1. The summed E-state index contributed by atoms with van der Waals surface area (Å²) in [7, 11) is 0. The van der Waals surface area contributed by atoms with Gasteiger partial charge in [-0.2, -0.15) is 0 Å². The molecule has 0 aromatic heterocycles. The molecule has 4 heteroatoms. The van der Waals surface area contributed by atoms with Crippen molar-refractivity contribution >= 4 is 5.69 Å². The number of hydrogen-bond acceptors (Lipinski definition) is 2. The molecule has 1 rings (SSSR count). The van der Waals surface area contributed by atoms with E-state index in [0.717, 1.165) is 0 Å². The van der Waals surface area contributed by atoms with Gasteiger partial charge in [-0.3, -0.25) is 0 Å². The van der Waals surface area contributed by atoms with Crippen LogP contribution in [0.4, 0.5) is 10.1 Å². The molecule has 0 radical (unpaired) electrons. The molecule has 0 aliphatic heterocycles. The minimum absolute atomic E-state index is 0.343. The predicted molar refractivity (Wildman–Crippen MR) is 35.1 cm³/mol. The Balaban J connectivity index is 2.95. The number of rotatable bonds is 1. The maximum absolute atomic E-state index is 12.3. The quantitative estimate of drug-likeness (QED) is 0.360. The lowest BCUT2D eigenvalue weighted by Crippen LogP contribution is -1.74. The third-order valence-electron chi connectivity index (χ3n) is 0.981. The van der Waals surface area contributed by atoms with Gasteiger partial charge in [0.25, 0.3) is 0 Å². The largest absolute Gasteiger partial charge is 0.305 e. The van der Waals surface area contributed by atoms with E-state index in [1.54, 1.807) is 12.1 Å². The third-order valence-corrected chi connectivity index (χ3v) is 0.981. The Kier molecular flexibility index (Phi) is 1.94. The van der Waals surface area contributed by atoms with Crippen LogP contribution in [0.1, 0.15) is 0 Å². The first-order valence-electron chi connectivity index (χ1n) is 2.69. The highest BCUT2D eigenvalue weighted by atomic mass is 19.1. The summed E-state index contributed by atoms with van der Waals surface area (Å²) in [5, 5.41) is 6.44. The van der Waals surface area contributed by atoms with E-state index < -0.39 is 0 Å². The fourth-order valence-corrected chi connectivity index (χ4v) is 0.605. The highest BCUT2D eigenvalue weighted by Crippen LogP contribution is 2.11. The summed E-state index contributed by atoms with van der Waals surface area (Å²) < 4.78 is 12.3. The molecule has 0 amide bonds. The Hall–Kier alpha value is -1.45. The first kappa shape index (κ1) is 6.67. The second-order valence-electron chi connectivity index (χ2n) is 1.70. The molecule has 0 aliphatic carbocycles. The van der Waals surface area contributed by atoms with Crippen LogP contribution in [0.2, 0.25) is 0 Å². The van der Waals surface area contributed by atoms with Crippen LogP contribution in [0.5, 0.6) is 0 Å². The van der Waals surface area contributed by atoms with Crippen molar-refractivity contribution in [3.05, 3.63) is 30.1 Å². The van der Waals surface area contributed by atoms with Gasteiger partial charge in [0, 0.05) is 6.07 Å². The number of benzene rings is 1. The molecular formula is C6H6FN3. The van der Waals surface area contributed by atoms with E-state index in [4.69, 9.17) is 5.84 Å². The van der Waals surface area contributed by atoms with Crippen LogP contribution < -0.4 is 5.84 Å². The van der Waals surface area contributed by atoms with Crippen LogP contribution in [0.25, 0.3) is 0 Å². The first-order valence-corrected chi connectivity index (χ1v) is 2.69. The molecule has 10 heavy (non-hydrogen) atoms. The van der Waals surface area contributed by atoms with Gasteiger partial charge < -0.3 is 5.84 Å². The van der Waals surface area contributed by atoms with Crippen molar-refractivity contribution in [3.63, 3.8) is 0 Å². The second kappa shape index (κ2) is 2.91. The Labute approximate surface area is 57.4 Å². The molecule has 0 fully saturated rings. The molecular weight excluding hydrogens is 133 g/mol. The molecule has 0 atom stereocenters. The van der Waals surface area contributed by atoms with Crippen LogP contribution in [0.3, 0.4) is 0 Å². The highest BCUT2D eigenvalue weighted by molar-refractivity contribution is 5.35. The maximum atomic E-state index is 12.3. The molecule has 3 nitrogen and oxygen atoms in total. The molecule has 52 valence electrons. The topological polar surface area (TPSA) is 50.7 Å². The van der Waals surface area contributed by atoms with Gasteiger partial charge in [-0.25, -0.2) is 4.39 Å². The SMILES string of the molecule is NN=Nc1cccc(F)c1. The molecule has 0 saturated heterocycles. The van der Waals surface area contributed by atoms with Crippen molar-refractivity contribution in [2.24, 2.45) is 16.2 Å². The molecule has 0 bridgehead atoms. The normalized spacial score (nSPS) is 10.5. The second-order valence-corrected chi connectivity index (χ2v) is 1.70. The molecule has 0 unspecified atom stereocenters. The molecule has 2 N–H and O–H groups in total. The average molecular weight is 139 g/mol. The molecule has 0 saturated carbocycles. The van der Waals surface area contributed by atoms with Gasteiger partial charge in [-0.1, -0.05) is 11.3 Å². The van der Waals surface area contributed by atoms with Gasteiger partial charge in [-0.05, 0) is 12.1 Å². The minimum Gasteiger partial charge on any atom is -0.305 e. The van der Waals surface area contributed by atoms with E-state index in [1.165, 1.54) is 12.1 Å². The minimum atomic E-state index is -0.343. The zero-order valence-corrected chi connectivity index (χ0v) is 5.16. The summed E-state index contributed by atoms with van der Waals surface area (Å²) in [5.41, 5.74) is 0.419. The van der Waals surface area contributed by atoms with Crippen LogP contribution in [-0.4, -0.2) is 0 Å². The van der Waals surface area contributed by atoms with Crippen molar-refractivity contribution in [1.82, 2.24) is 0 Å². The summed E-state index contributed by atoms with van der Waals surface area (Å²) in [6.45, 7) is 0. The fraction of sp³-hybridized carbons (Fsp3) is 0. The summed E-state index contributed by atoms with van der Waals surface area (Å²) in [6.07, 6.45) is 0. The van der Waals surface area contributed by atoms with E-state index in [9.17, 15) is 4.39 Å². The van der Waals surface area contributed by atoms with Gasteiger partial charge >= 0.3 is 0 Å². The van der Waals surface area contributed by atoms with Crippen LogP contribution in [-0.2, 0) is 0 Å².